The summed E-state index contributed by atoms with van der Waals surface area (Å²) in [6.07, 6.45) is 19.8. The van der Waals surface area contributed by atoms with Crippen LogP contribution in [0.15, 0.2) is 24.3 Å². The fraction of sp³-hybridized carbons (Fsp3) is 0.908. The maximum absolute atomic E-state index is 2.82. The summed E-state index contributed by atoms with van der Waals surface area (Å²) in [5, 5.41) is 0. The maximum Gasteiger partial charge on any atom is 0.0233 e. The van der Waals surface area contributed by atoms with E-state index in [1.165, 1.54) is 219 Å². The van der Waals surface area contributed by atoms with Gasteiger partial charge in [0.25, 0.3) is 0 Å². The molecule has 73 heavy (non-hydrogen) atoms. The van der Waals surface area contributed by atoms with Crippen LogP contribution in [0.25, 0.3) is 0 Å². The second-order valence-electron chi connectivity index (χ2n) is 25.4. The molecule has 7 saturated heterocycles. The van der Waals surface area contributed by atoms with Gasteiger partial charge in [-0.1, -0.05) is 85.2 Å². The Bertz CT molecular complexity index is 1390. The lowest BCUT2D eigenvalue weighted by atomic mass is 9.78. The van der Waals surface area contributed by atoms with Crippen LogP contribution in [0, 0.1) is 42.4 Å². The monoisotopic (exact) mass is 1020 g/mol. The van der Waals surface area contributed by atoms with Crippen LogP contribution >= 0.6 is 0 Å². The normalized spacial score (nSPS) is 23.8. The van der Waals surface area contributed by atoms with Gasteiger partial charge in [0, 0.05) is 62.9 Å². The number of nitrogens with zero attached hydrogens (tertiary/aromatic N) is 8. The second-order valence-corrected chi connectivity index (χ2v) is 25.4. The van der Waals surface area contributed by atoms with Crippen LogP contribution in [-0.4, -0.2) is 187 Å². The first kappa shape index (κ1) is 64.4. The number of piperazine rings is 1. The maximum atomic E-state index is 2.82. The average molecular weight is 1020 g/mol. The van der Waals surface area contributed by atoms with E-state index in [1.807, 2.05) is 27.7 Å². The van der Waals surface area contributed by atoms with Gasteiger partial charge >= 0.3 is 0 Å². The Kier molecular flexibility index (Phi) is 31.3. The smallest absolute Gasteiger partial charge is 0.0233 e. The molecule has 0 atom stereocenters. The van der Waals surface area contributed by atoms with Crippen molar-refractivity contribution in [3.8, 4) is 0 Å². The number of likely N-dealkylation sites (tertiary alicyclic amines) is 6. The Morgan fingerprint density at radius 2 is 0.699 bits per heavy atom. The van der Waals surface area contributed by atoms with Gasteiger partial charge in [-0.05, 0) is 271 Å². The second kappa shape index (κ2) is 35.4. The van der Waals surface area contributed by atoms with E-state index in [9.17, 15) is 0 Å². The molecule has 0 unspecified atom stereocenters. The van der Waals surface area contributed by atoms with Crippen molar-refractivity contribution in [3.63, 3.8) is 0 Å². The zero-order valence-corrected chi connectivity index (χ0v) is 51.6. The van der Waals surface area contributed by atoms with Gasteiger partial charge in [-0.3, -0.25) is 14.7 Å². The summed E-state index contributed by atoms with van der Waals surface area (Å²) in [5.74, 6) is 5.72. The summed E-state index contributed by atoms with van der Waals surface area (Å²) >= 11 is 0. The Morgan fingerprint density at radius 3 is 1.08 bits per heavy atom. The number of rotatable bonds is 15. The van der Waals surface area contributed by atoms with E-state index in [4.69, 9.17) is 0 Å². The van der Waals surface area contributed by atoms with Gasteiger partial charge in [0.05, 0.1) is 0 Å². The molecule has 7 fully saturated rings. The van der Waals surface area contributed by atoms with Crippen molar-refractivity contribution in [2.45, 2.75) is 231 Å². The minimum atomic E-state index is 0.714. The van der Waals surface area contributed by atoms with E-state index in [-0.39, 0.29) is 0 Å². The first-order valence-corrected chi connectivity index (χ1v) is 32.1. The highest BCUT2D eigenvalue weighted by molar-refractivity contribution is 5.21. The zero-order chi connectivity index (χ0) is 53.3. The lowest BCUT2D eigenvalue weighted by molar-refractivity contribution is 0.0251. The molecule has 8 heteroatoms. The lowest BCUT2D eigenvalue weighted by Gasteiger charge is -2.46. The third kappa shape index (κ3) is 22.7. The van der Waals surface area contributed by atoms with E-state index in [0.29, 0.717) is 6.04 Å². The fourth-order valence-electron chi connectivity index (χ4n) is 13.8. The molecule has 0 bridgehead atoms. The minimum Gasteiger partial charge on any atom is -0.303 e. The molecule has 8 rings (SSSR count). The van der Waals surface area contributed by atoms with Crippen molar-refractivity contribution in [3.05, 3.63) is 35.4 Å². The molecule has 0 aromatic heterocycles. The summed E-state index contributed by atoms with van der Waals surface area (Å²) in [4.78, 5) is 21.6. The van der Waals surface area contributed by atoms with Gasteiger partial charge in [-0.25, -0.2) is 0 Å². The Labute approximate surface area is 456 Å². The first-order valence-electron chi connectivity index (χ1n) is 32.1. The van der Waals surface area contributed by atoms with Crippen LogP contribution in [-0.2, 0) is 6.54 Å². The van der Waals surface area contributed by atoms with Crippen molar-refractivity contribution in [1.29, 1.82) is 0 Å². The molecule has 1 aromatic rings. The number of unbranched alkanes of at least 4 members (excludes halogenated alkanes) is 1. The Balaban J connectivity index is 0.000000229. The summed E-state index contributed by atoms with van der Waals surface area (Å²) in [7, 11) is 0. The van der Waals surface area contributed by atoms with E-state index < -0.39 is 0 Å². The van der Waals surface area contributed by atoms with Gasteiger partial charge in [0.15, 0.2) is 0 Å². The molecule has 0 amide bonds. The van der Waals surface area contributed by atoms with Crippen LogP contribution in [0.5, 0.6) is 0 Å². The molecular formula is C65H126N8. The third-order valence-electron chi connectivity index (χ3n) is 19.3. The topological polar surface area (TPSA) is 25.9 Å². The van der Waals surface area contributed by atoms with E-state index in [2.05, 4.69) is 140 Å². The zero-order valence-electron chi connectivity index (χ0n) is 51.6. The van der Waals surface area contributed by atoms with E-state index >= 15 is 0 Å². The highest BCUT2D eigenvalue weighted by Crippen LogP contribution is 2.34. The fourth-order valence-corrected chi connectivity index (χ4v) is 13.8. The molecule has 0 spiro atoms. The first-order chi connectivity index (χ1) is 35.2. The quantitative estimate of drug-likeness (QED) is 0.160. The number of piperidine rings is 6. The van der Waals surface area contributed by atoms with E-state index in [1.54, 1.807) is 0 Å². The van der Waals surface area contributed by atoms with Crippen molar-refractivity contribution in [2.24, 2.45) is 35.5 Å². The predicted octanol–water partition coefficient (Wildman–Crippen LogP) is 13.2. The summed E-state index contributed by atoms with van der Waals surface area (Å²) in [6, 6.07) is 12.9. The van der Waals surface area contributed by atoms with Crippen molar-refractivity contribution >= 4 is 0 Å². The number of hydrogen-bond acceptors (Lipinski definition) is 8. The molecule has 8 nitrogen and oxygen atoms in total. The predicted molar refractivity (Wildman–Crippen MR) is 321 cm³/mol. The SMILES string of the molecule is CC.CC.CC(C)C1CCN(CCCCN2CCC(C(C)C)CC2)CC1.CC(C)N1CCC(N2CCC(N3CCN(C(C)C)CC3)CC2)CC1.Cc1ccc(CN2CCC(C3CCN(C(C)C)CC3)CC2)cc1. The van der Waals surface area contributed by atoms with Crippen LogP contribution < -0.4 is 0 Å². The van der Waals surface area contributed by atoms with Gasteiger partial charge in [-0.2, -0.15) is 0 Å². The van der Waals surface area contributed by atoms with Crippen LogP contribution in [0.4, 0.5) is 0 Å². The van der Waals surface area contributed by atoms with Gasteiger partial charge < -0.3 is 24.5 Å². The summed E-state index contributed by atoms with van der Waals surface area (Å²) in [5.41, 5.74) is 2.83. The van der Waals surface area contributed by atoms with Gasteiger partial charge in [-0.15, -0.1) is 0 Å². The van der Waals surface area contributed by atoms with Gasteiger partial charge in [0.1, 0.15) is 0 Å². The molecule has 0 N–H and O–H groups in total. The minimum absolute atomic E-state index is 0.714. The van der Waals surface area contributed by atoms with Crippen LogP contribution in [0.2, 0.25) is 0 Å². The molecule has 7 aliphatic rings. The number of benzene rings is 1. The van der Waals surface area contributed by atoms with Crippen LogP contribution in [0.3, 0.4) is 0 Å². The molecule has 0 radical (unpaired) electrons. The summed E-state index contributed by atoms with van der Waals surface area (Å²) < 4.78 is 0. The van der Waals surface area contributed by atoms with Gasteiger partial charge in [0.2, 0.25) is 0 Å². The third-order valence-corrected chi connectivity index (χ3v) is 19.3. The molecule has 0 aliphatic carbocycles. The highest BCUT2D eigenvalue weighted by Gasteiger charge is 2.33. The van der Waals surface area contributed by atoms with E-state index in [0.717, 1.165) is 66.2 Å². The van der Waals surface area contributed by atoms with Crippen LogP contribution in [0.1, 0.15) is 198 Å². The standard InChI is InChI=1S/C21H34N2.C20H40N4.C20H40N2.2C2H6/c1-17(2)23-14-10-21(11-15-23)20-8-12-22(13-9-20)16-19-6-4-18(3)5-7-19;1-17(2)21-9-5-19(6-10-21)23-11-7-20(8-12-23)24-15-13-22(14-16-24)18(3)4;1-17(2)19-7-13-21(14-8-19)11-5-6-12-22-15-9-20(10-16-22)18(3)4;2*1-2/h4-7,17,20-21H,8-16H2,1-3H3;17-20H,5-16H2,1-4H3;17-20H,5-16H2,1-4H3;2*1-2H3. The molecule has 426 valence electrons. The number of hydrogen-bond donors (Lipinski definition) is 0. The molecule has 7 heterocycles. The van der Waals surface area contributed by atoms with Crippen molar-refractivity contribution in [1.82, 2.24) is 39.2 Å². The Hall–Kier alpha value is -1.10. The molecule has 1 aromatic carbocycles. The summed E-state index contributed by atoms with van der Waals surface area (Å²) in [6.45, 7) is 58.6. The lowest BCUT2D eigenvalue weighted by Crippen LogP contribution is -2.56. The average Bonchev–Trinajstić information content (AvgIpc) is 3.42. The molecule has 7 aliphatic heterocycles. The Morgan fingerprint density at radius 1 is 0.370 bits per heavy atom. The molecular weight excluding hydrogens is 893 g/mol. The number of aryl methyl sites for hydroxylation is 1. The van der Waals surface area contributed by atoms with Crippen molar-refractivity contribution < 1.29 is 0 Å². The van der Waals surface area contributed by atoms with Crippen molar-refractivity contribution in [2.75, 3.05) is 118 Å². The largest absolute Gasteiger partial charge is 0.303 e. The molecule has 0 saturated carbocycles. The highest BCUT2D eigenvalue weighted by atomic mass is 15.3.